The summed E-state index contributed by atoms with van der Waals surface area (Å²) in [6.07, 6.45) is 4.70. The maximum Gasteiger partial charge on any atom is 0.165 e. The fraction of sp³-hybridized carbons (Fsp3) is 0.600. The summed E-state index contributed by atoms with van der Waals surface area (Å²) in [5.74, 6) is -3.03. The quantitative estimate of drug-likeness (QED) is 0.586. The summed E-state index contributed by atoms with van der Waals surface area (Å²) in [6, 6.07) is 2.31. The third-order valence-electron chi connectivity index (χ3n) is 5.78. The predicted octanol–water partition coefficient (Wildman–Crippen LogP) is 3.21. The van der Waals surface area contributed by atoms with Crippen LogP contribution in [0.4, 0.5) is 13.2 Å². The van der Waals surface area contributed by atoms with Crippen molar-refractivity contribution in [1.29, 1.82) is 0 Å². The van der Waals surface area contributed by atoms with E-state index >= 15 is 0 Å². The average molecular weight is 381 g/mol. The van der Waals surface area contributed by atoms with Crippen molar-refractivity contribution < 1.29 is 17.9 Å². The number of hydrogen-bond acceptors (Lipinski definition) is 4. The molecule has 0 aliphatic carbocycles. The van der Waals surface area contributed by atoms with Crippen LogP contribution in [0.25, 0.3) is 0 Å². The molecule has 2 atom stereocenters. The lowest BCUT2D eigenvalue weighted by Crippen LogP contribution is -2.37. The van der Waals surface area contributed by atoms with Crippen molar-refractivity contribution in [2.24, 2.45) is 0 Å². The van der Waals surface area contributed by atoms with E-state index in [0.717, 1.165) is 69.0 Å². The van der Waals surface area contributed by atoms with Gasteiger partial charge in [0.25, 0.3) is 0 Å². The molecule has 0 aromatic heterocycles. The summed E-state index contributed by atoms with van der Waals surface area (Å²) in [6.45, 7) is 3.74. The van der Waals surface area contributed by atoms with E-state index < -0.39 is 17.5 Å². The van der Waals surface area contributed by atoms with Crippen LogP contribution in [0.2, 0.25) is 0 Å². The van der Waals surface area contributed by atoms with Crippen LogP contribution >= 0.6 is 0 Å². The van der Waals surface area contributed by atoms with Gasteiger partial charge in [0.15, 0.2) is 11.6 Å². The zero-order valence-electron chi connectivity index (χ0n) is 15.4. The van der Waals surface area contributed by atoms with Gasteiger partial charge in [-0.15, -0.1) is 0 Å². The largest absolute Gasteiger partial charge is 0.380 e. The van der Waals surface area contributed by atoms with Gasteiger partial charge in [-0.1, -0.05) is 0 Å². The Kier molecular flexibility index (Phi) is 5.59. The van der Waals surface area contributed by atoms with Crippen LogP contribution in [0, 0.1) is 17.5 Å². The molecule has 148 valence electrons. The molecule has 7 heteroatoms. The van der Waals surface area contributed by atoms with Crippen LogP contribution in [0.1, 0.15) is 43.6 Å². The minimum absolute atomic E-state index is 0.116. The second-order valence-electron chi connectivity index (χ2n) is 7.61. The van der Waals surface area contributed by atoms with Gasteiger partial charge in [-0.25, -0.2) is 13.2 Å². The number of fused-ring (bicyclic) bond motifs is 1. The smallest absolute Gasteiger partial charge is 0.165 e. The summed E-state index contributed by atoms with van der Waals surface area (Å²) >= 11 is 0. The highest BCUT2D eigenvalue weighted by Crippen LogP contribution is 2.40. The van der Waals surface area contributed by atoms with Crippen LogP contribution in [-0.2, 0) is 4.74 Å². The molecule has 2 N–H and O–H groups in total. The van der Waals surface area contributed by atoms with Gasteiger partial charge >= 0.3 is 0 Å². The minimum atomic E-state index is -1.05. The highest BCUT2D eigenvalue weighted by atomic mass is 19.2. The third-order valence-corrected chi connectivity index (χ3v) is 5.78. The number of halogens is 3. The van der Waals surface area contributed by atoms with Gasteiger partial charge in [0.1, 0.15) is 5.82 Å². The molecule has 0 saturated carbocycles. The molecule has 1 aromatic carbocycles. The van der Waals surface area contributed by atoms with E-state index in [2.05, 4.69) is 15.5 Å². The molecule has 4 rings (SSSR count). The Morgan fingerprint density at radius 3 is 2.89 bits per heavy atom. The number of hydrogen-bond donors (Lipinski definition) is 2. The summed E-state index contributed by atoms with van der Waals surface area (Å²) in [5, 5.41) is 6.93. The van der Waals surface area contributed by atoms with Crippen LogP contribution in [0.3, 0.4) is 0 Å². The lowest BCUT2D eigenvalue weighted by molar-refractivity contribution is 0.0705. The molecular formula is C20H26F3N3O. The van der Waals surface area contributed by atoms with E-state index in [4.69, 9.17) is 4.74 Å². The molecule has 1 aromatic rings. The first-order chi connectivity index (χ1) is 13.1. The number of nitrogens with one attached hydrogen (secondary N) is 2. The van der Waals surface area contributed by atoms with E-state index in [1.54, 1.807) is 0 Å². The number of nitrogens with zero attached hydrogens (tertiary/aromatic N) is 1. The zero-order valence-corrected chi connectivity index (χ0v) is 15.4. The van der Waals surface area contributed by atoms with E-state index in [-0.39, 0.29) is 11.5 Å². The number of benzene rings is 1. The van der Waals surface area contributed by atoms with E-state index in [1.165, 1.54) is 0 Å². The molecule has 0 unspecified atom stereocenters. The Hall–Kier alpha value is -1.73. The van der Waals surface area contributed by atoms with Gasteiger partial charge in [0, 0.05) is 42.1 Å². The Balaban J connectivity index is 1.35. The van der Waals surface area contributed by atoms with Crippen molar-refractivity contribution in [3.05, 3.63) is 46.5 Å². The third kappa shape index (κ3) is 3.94. The highest BCUT2D eigenvalue weighted by Gasteiger charge is 2.36. The SMILES string of the molecule is Fc1ccc(F)c([C@H]2CC3=C(CCCN[C@H]4CCCOC4)NCN3C2)c1F. The van der Waals surface area contributed by atoms with Crippen LogP contribution in [0.15, 0.2) is 23.5 Å². The Labute approximate surface area is 157 Å². The zero-order chi connectivity index (χ0) is 18.8. The van der Waals surface area contributed by atoms with Gasteiger partial charge in [-0.3, -0.25) is 0 Å². The monoisotopic (exact) mass is 381 g/mol. The van der Waals surface area contributed by atoms with Crippen molar-refractivity contribution >= 4 is 0 Å². The molecule has 0 radical (unpaired) electrons. The topological polar surface area (TPSA) is 36.5 Å². The fourth-order valence-corrected chi connectivity index (χ4v) is 4.39. The number of ether oxygens (including phenoxy) is 1. The van der Waals surface area contributed by atoms with Gasteiger partial charge in [-0.05, 0) is 50.8 Å². The first-order valence-corrected chi connectivity index (χ1v) is 9.79. The van der Waals surface area contributed by atoms with Crippen molar-refractivity contribution in [1.82, 2.24) is 15.5 Å². The Morgan fingerprint density at radius 1 is 1.22 bits per heavy atom. The molecule has 4 nitrogen and oxygen atoms in total. The molecule has 0 spiro atoms. The van der Waals surface area contributed by atoms with E-state index in [1.807, 2.05) is 0 Å². The number of rotatable bonds is 6. The maximum atomic E-state index is 14.1. The van der Waals surface area contributed by atoms with Gasteiger partial charge < -0.3 is 20.3 Å². The standard InChI is InChI=1S/C20H26F3N3O/c21-15-5-6-16(22)20(23)19(15)13-9-18-17(25-12-26(18)10-13)4-1-7-24-14-3-2-8-27-11-14/h5-6,13-14,24-25H,1-4,7-12H2/t13-,14-/m0/s1. The second-order valence-corrected chi connectivity index (χ2v) is 7.61. The predicted molar refractivity (Wildman–Crippen MR) is 96.5 cm³/mol. The fourth-order valence-electron chi connectivity index (χ4n) is 4.39. The summed E-state index contributed by atoms with van der Waals surface area (Å²) in [5.41, 5.74) is 2.15. The molecule has 0 bridgehead atoms. The molecule has 3 aliphatic heterocycles. The van der Waals surface area contributed by atoms with Crippen LogP contribution in [-0.4, -0.2) is 43.9 Å². The van der Waals surface area contributed by atoms with Gasteiger partial charge in [-0.2, -0.15) is 0 Å². The first kappa shape index (κ1) is 18.6. The van der Waals surface area contributed by atoms with Crippen LogP contribution < -0.4 is 10.6 Å². The van der Waals surface area contributed by atoms with Gasteiger partial charge in [0.05, 0.1) is 13.3 Å². The van der Waals surface area contributed by atoms with E-state index in [9.17, 15) is 13.2 Å². The molecule has 0 amide bonds. The molecule has 3 aliphatic rings. The average Bonchev–Trinajstić information content (AvgIpc) is 3.24. The van der Waals surface area contributed by atoms with Gasteiger partial charge in [0.2, 0.25) is 0 Å². The normalized spacial score (nSPS) is 25.1. The van der Waals surface area contributed by atoms with E-state index in [0.29, 0.717) is 25.7 Å². The summed E-state index contributed by atoms with van der Waals surface area (Å²) in [4.78, 5) is 2.12. The first-order valence-electron chi connectivity index (χ1n) is 9.79. The molecule has 2 fully saturated rings. The molecule has 27 heavy (non-hydrogen) atoms. The van der Waals surface area contributed by atoms with Crippen molar-refractivity contribution in [2.45, 2.75) is 44.1 Å². The Morgan fingerprint density at radius 2 is 2.07 bits per heavy atom. The summed E-state index contributed by atoms with van der Waals surface area (Å²) in [7, 11) is 0. The lowest BCUT2D eigenvalue weighted by atomic mass is 9.95. The maximum absolute atomic E-state index is 14.1. The molecular weight excluding hydrogens is 355 g/mol. The minimum Gasteiger partial charge on any atom is -0.380 e. The summed E-state index contributed by atoms with van der Waals surface area (Å²) < 4.78 is 47.2. The highest BCUT2D eigenvalue weighted by molar-refractivity contribution is 5.32. The molecule has 3 heterocycles. The second kappa shape index (κ2) is 8.10. The number of allylic oxidation sites excluding steroid dienone is 2. The van der Waals surface area contributed by atoms with Crippen molar-refractivity contribution in [3.8, 4) is 0 Å². The van der Waals surface area contributed by atoms with Crippen molar-refractivity contribution in [2.75, 3.05) is 33.0 Å². The lowest BCUT2D eigenvalue weighted by Gasteiger charge is -2.23. The van der Waals surface area contributed by atoms with Crippen molar-refractivity contribution in [3.63, 3.8) is 0 Å². The molecule has 2 saturated heterocycles. The van der Waals surface area contributed by atoms with Crippen LogP contribution in [0.5, 0.6) is 0 Å². The Bertz CT molecular complexity index is 719.